The van der Waals surface area contributed by atoms with E-state index >= 15 is 0 Å². The van der Waals surface area contributed by atoms with Crippen molar-refractivity contribution >= 4 is 17.6 Å². The largest absolute Gasteiger partial charge is 0.480 e. The van der Waals surface area contributed by atoms with Crippen LogP contribution in [0.2, 0.25) is 0 Å². The van der Waals surface area contributed by atoms with E-state index in [2.05, 4.69) is 5.32 Å². The Morgan fingerprint density at radius 3 is 2.07 bits per heavy atom. The highest BCUT2D eigenvalue weighted by molar-refractivity contribution is 6.12. The second kappa shape index (κ2) is 13.6. The summed E-state index contributed by atoms with van der Waals surface area (Å²) in [5.41, 5.74) is 10.2. The Kier molecular flexibility index (Phi) is 9.90. The molecule has 6 N–H and O–H groups in total. The highest BCUT2D eigenvalue weighted by Gasteiger charge is 2.31. The second-order valence-electron chi connectivity index (χ2n) is 10.6. The maximum Gasteiger partial charge on any atom is 0.323 e. The van der Waals surface area contributed by atoms with Gasteiger partial charge in [0.2, 0.25) is 0 Å². The quantitative estimate of drug-likeness (QED) is 0.157. The van der Waals surface area contributed by atoms with Gasteiger partial charge in [-0.3, -0.25) is 9.59 Å². The lowest BCUT2D eigenvalue weighted by Gasteiger charge is -2.21. The molecule has 9 heteroatoms. The first-order valence-electron chi connectivity index (χ1n) is 13.9. The number of aromatic nitrogens is 1. The molecule has 3 aromatic carbocycles. The number of hydrogen-bond acceptors (Lipinski definition) is 5. The number of nitrogens with two attached hydrogens (primary N) is 1. The van der Waals surface area contributed by atoms with E-state index in [9.17, 15) is 24.2 Å². The summed E-state index contributed by atoms with van der Waals surface area (Å²) in [6.45, 7) is 4.18. The van der Waals surface area contributed by atoms with Crippen molar-refractivity contribution in [1.82, 2.24) is 4.57 Å². The molecule has 4 aromatic rings. The Labute approximate surface area is 244 Å². The number of carboxylic acids is 1. The molecule has 0 aliphatic rings. The predicted octanol–water partition coefficient (Wildman–Crippen LogP) is 5.25. The maximum atomic E-state index is 14.1. The molecule has 1 aromatic heterocycles. The van der Waals surface area contributed by atoms with Crippen LogP contribution >= 0.6 is 0 Å². The molecule has 0 aliphatic carbocycles. The summed E-state index contributed by atoms with van der Waals surface area (Å²) in [6.07, 6.45) is -2.60. The highest BCUT2D eigenvalue weighted by Crippen LogP contribution is 2.42. The predicted molar refractivity (Wildman–Crippen MR) is 161 cm³/mol. The van der Waals surface area contributed by atoms with Crippen molar-refractivity contribution in [3.8, 4) is 22.4 Å². The fourth-order valence-electron chi connectivity index (χ4n) is 5.19. The number of amides is 1. The Morgan fingerprint density at radius 1 is 0.905 bits per heavy atom. The molecule has 1 unspecified atom stereocenters. The molecule has 0 fully saturated rings. The number of carboxylic acid groups (broad SMARTS) is 1. The van der Waals surface area contributed by atoms with Crippen LogP contribution in [0, 0.1) is 5.82 Å². The molecule has 8 nitrogen and oxygen atoms in total. The molecule has 42 heavy (non-hydrogen) atoms. The molecule has 1 heterocycles. The number of para-hydroxylation sites is 1. The number of rotatable bonds is 12. The fourth-order valence-corrected chi connectivity index (χ4v) is 5.19. The number of anilines is 1. The van der Waals surface area contributed by atoms with E-state index in [0.29, 0.717) is 28.1 Å². The second-order valence-corrected chi connectivity index (χ2v) is 10.6. The zero-order valence-electron chi connectivity index (χ0n) is 23.6. The van der Waals surface area contributed by atoms with E-state index < -0.39 is 30.0 Å². The van der Waals surface area contributed by atoms with E-state index in [1.807, 2.05) is 66.9 Å². The van der Waals surface area contributed by atoms with Crippen molar-refractivity contribution < 1.29 is 29.3 Å². The summed E-state index contributed by atoms with van der Waals surface area (Å²) in [4.78, 5) is 25.3. The van der Waals surface area contributed by atoms with Crippen molar-refractivity contribution in [2.45, 2.75) is 57.4 Å². The number of nitrogens with one attached hydrogen (secondary N) is 1. The lowest BCUT2D eigenvalue weighted by Crippen LogP contribution is -2.43. The molecule has 0 saturated heterocycles. The summed E-state index contributed by atoms with van der Waals surface area (Å²) < 4.78 is 16.0. The highest BCUT2D eigenvalue weighted by atomic mass is 19.1. The lowest BCUT2D eigenvalue weighted by molar-refractivity contribution is -0.141. The number of benzene rings is 3. The van der Waals surface area contributed by atoms with Crippen molar-refractivity contribution in [3.63, 3.8) is 0 Å². The number of carbonyl (C=O) groups excluding carboxylic acids is 1. The van der Waals surface area contributed by atoms with Crippen LogP contribution in [-0.2, 0) is 11.3 Å². The van der Waals surface area contributed by atoms with E-state index in [1.165, 1.54) is 12.1 Å². The van der Waals surface area contributed by atoms with Gasteiger partial charge in [0.05, 0.1) is 23.5 Å². The van der Waals surface area contributed by atoms with Crippen molar-refractivity contribution in [1.29, 1.82) is 0 Å². The van der Waals surface area contributed by atoms with Crippen LogP contribution in [0.1, 0.15) is 48.7 Å². The number of hydrogen-bond donors (Lipinski definition) is 5. The Morgan fingerprint density at radius 2 is 1.50 bits per heavy atom. The minimum absolute atomic E-state index is 0.138. The number of aliphatic hydroxyl groups is 2. The summed E-state index contributed by atoms with van der Waals surface area (Å²) in [5, 5.41) is 33.1. The Hall–Kier alpha value is -4.31. The van der Waals surface area contributed by atoms with Gasteiger partial charge in [-0.25, -0.2) is 4.39 Å². The first kappa shape index (κ1) is 30.6. The number of halogens is 1. The molecule has 3 atom stereocenters. The average Bonchev–Trinajstić information content (AvgIpc) is 3.32. The van der Waals surface area contributed by atoms with Gasteiger partial charge in [0.15, 0.2) is 0 Å². The van der Waals surface area contributed by atoms with E-state index in [-0.39, 0.29) is 31.2 Å². The summed E-state index contributed by atoms with van der Waals surface area (Å²) in [6, 6.07) is 23.1. The minimum Gasteiger partial charge on any atom is -0.480 e. The van der Waals surface area contributed by atoms with Crippen LogP contribution in [0.15, 0.2) is 84.9 Å². The van der Waals surface area contributed by atoms with Crippen LogP contribution < -0.4 is 11.1 Å². The number of aliphatic hydroxyl groups excluding tert-OH is 2. The Bertz CT molecular complexity index is 1500. The number of carbonyl (C=O) groups is 2. The Balaban J connectivity index is 1.88. The summed E-state index contributed by atoms with van der Waals surface area (Å²) in [5.74, 6) is -2.21. The monoisotopic (exact) mass is 573 g/mol. The van der Waals surface area contributed by atoms with Crippen molar-refractivity contribution in [2.24, 2.45) is 5.73 Å². The van der Waals surface area contributed by atoms with Gasteiger partial charge in [-0.1, -0.05) is 62.4 Å². The van der Waals surface area contributed by atoms with Crippen LogP contribution in [0.25, 0.3) is 22.4 Å². The van der Waals surface area contributed by atoms with E-state index in [1.54, 1.807) is 24.3 Å². The molecule has 0 saturated carbocycles. The lowest BCUT2D eigenvalue weighted by atomic mass is 9.94. The molecule has 0 bridgehead atoms. The van der Waals surface area contributed by atoms with Gasteiger partial charge in [-0.15, -0.1) is 0 Å². The third kappa shape index (κ3) is 6.94. The topological polar surface area (TPSA) is 138 Å². The zero-order valence-corrected chi connectivity index (χ0v) is 23.6. The van der Waals surface area contributed by atoms with Crippen LogP contribution in [0.4, 0.5) is 10.1 Å². The third-order valence-electron chi connectivity index (χ3n) is 7.19. The minimum atomic E-state index is -1.52. The van der Waals surface area contributed by atoms with Gasteiger partial charge < -0.3 is 30.9 Å². The van der Waals surface area contributed by atoms with Gasteiger partial charge in [0.25, 0.3) is 5.91 Å². The van der Waals surface area contributed by atoms with Gasteiger partial charge >= 0.3 is 5.97 Å². The van der Waals surface area contributed by atoms with E-state index in [0.717, 1.165) is 11.3 Å². The molecular formula is C33H36FN3O5. The standard InChI is InChI=1S/C33H36FN3O5/c1-20(2)30-28(32(40)36-24-11-7-4-8-12-24)27(21-9-5-3-6-10-21)31(22-13-15-23(34)16-14-22)37(30)18-17-25(38)19-26(39)29(35)33(41)42/h3-16,20,25-26,29,38-39H,17-19,35H2,1-2H3,(H,36,40)(H,41,42)/t25-,26-,29?/m1/s1. The molecule has 220 valence electrons. The van der Waals surface area contributed by atoms with Crippen LogP contribution in [0.5, 0.6) is 0 Å². The van der Waals surface area contributed by atoms with Crippen LogP contribution in [-0.4, -0.2) is 50.0 Å². The normalized spacial score (nSPS) is 13.5. The van der Waals surface area contributed by atoms with Gasteiger partial charge in [0.1, 0.15) is 11.9 Å². The zero-order chi connectivity index (χ0) is 30.4. The molecule has 0 aliphatic heterocycles. The number of aliphatic carboxylic acids is 1. The SMILES string of the molecule is CC(C)c1c(C(=O)Nc2ccccc2)c(-c2ccccc2)c(-c2ccc(F)cc2)n1CC[C@@H](O)C[C@@H](O)C(N)C(=O)O. The van der Waals surface area contributed by atoms with Crippen molar-refractivity contribution in [3.05, 3.63) is 102 Å². The van der Waals surface area contributed by atoms with Crippen LogP contribution in [0.3, 0.4) is 0 Å². The smallest absolute Gasteiger partial charge is 0.323 e. The molecule has 4 rings (SSSR count). The average molecular weight is 574 g/mol. The molecule has 1 amide bonds. The fraction of sp³-hybridized carbons (Fsp3) is 0.273. The molecule has 0 spiro atoms. The van der Waals surface area contributed by atoms with E-state index in [4.69, 9.17) is 10.8 Å². The summed E-state index contributed by atoms with van der Waals surface area (Å²) in [7, 11) is 0. The number of nitrogens with zero attached hydrogens (tertiary/aromatic N) is 1. The first-order chi connectivity index (χ1) is 20.1. The first-order valence-corrected chi connectivity index (χ1v) is 13.9. The third-order valence-corrected chi connectivity index (χ3v) is 7.19. The van der Waals surface area contributed by atoms with Gasteiger partial charge in [0, 0.05) is 29.9 Å². The van der Waals surface area contributed by atoms with Gasteiger partial charge in [-0.05, 0) is 59.9 Å². The van der Waals surface area contributed by atoms with Crippen molar-refractivity contribution in [2.75, 3.05) is 5.32 Å². The molecular weight excluding hydrogens is 537 g/mol. The molecule has 0 radical (unpaired) electrons. The van der Waals surface area contributed by atoms with Gasteiger partial charge in [-0.2, -0.15) is 0 Å². The summed E-state index contributed by atoms with van der Waals surface area (Å²) >= 11 is 0. The maximum absolute atomic E-state index is 14.1.